The Kier molecular flexibility index (Phi) is 4.52. The summed E-state index contributed by atoms with van der Waals surface area (Å²) in [7, 11) is 0. The molecule has 1 unspecified atom stereocenters. The largest absolute Gasteiger partial charge is 0.486 e. The number of nitrogens with one attached hydrogen (secondary N) is 2. The minimum absolute atomic E-state index is 0.0395. The molecule has 0 fully saturated rings. The molecule has 5 heteroatoms. The summed E-state index contributed by atoms with van der Waals surface area (Å²) >= 11 is 0. The second-order valence-corrected chi connectivity index (χ2v) is 6.55. The van der Waals surface area contributed by atoms with E-state index in [2.05, 4.69) is 16.4 Å². The summed E-state index contributed by atoms with van der Waals surface area (Å²) in [6, 6.07) is 13.9. The number of aromatic nitrogens is 1. The molecule has 1 aromatic heterocycles. The minimum Gasteiger partial charge on any atom is -0.486 e. The van der Waals surface area contributed by atoms with Gasteiger partial charge in [0.15, 0.2) is 11.5 Å². The number of carbonyl (C=O) groups is 1. The summed E-state index contributed by atoms with van der Waals surface area (Å²) < 4.78 is 11.2. The number of fused-ring (bicyclic) bond motifs is 2. The SMILES string of the molecule is CC(NC(=O)CCc1c[nH]c2ccccc12)c1ccc2c(c1)OCCO2. The van der Waals surface area contributed by atoms with Crippen molar-refractivity contribution in [1.29, 1.82) is 0 Å². The molecular formula is C21H22N2O3. The van der Waals surface area contributed by atoms with Gasteiger partial charge in [0.1, 0.15) is 13.2 Å². The lowest BCUT2D eigenvalue weighted by Gasteiger charge is -2.21. The second kappa shape index (κ2) is 7.12. The monoisotopic (exact) mass is 350 g/mol. The molecule has 2 heterocycles. The smallest absolute Gasteiger partial charge is 0.220 e. The van der Waals surface area contributed by atoms with Gasteiger partial charge in [0, 0.05) is 23.5 Å². The Balaban J connectivity index is 1.37. The predicted octanol–water partition coefficient (Wildman–Crippen LogP) is 3.75. The summed E-state index contributed by atoms with van der Waals surface area (Å²) in [5.74, 6) is 1.55. The van der Waals surface area contributed by atoms with E-state index in [0.717, 1.165) is 22.6 Å². The second-order valence-electron chi connectivity index (χ2n) is 6.55. The lowest BCUT2D eigenvalue weighted by molar-refractivity contribution is -0.121. The van der Waals surface area contributed by atoms with Gasteiger partial charge < -0.3 is 19.8 Å². The first-order valence-electron chi connectivity index (χ1n) is 8.94. The third kappa shape index (κ3) is 3.38. The van der Waals surface area contributed by atoms with Gasteiger partial charge in [0.05, 0.1) is 6.04 Å². The number of hydrogen-bond donors (Lipinski definition) is 2. The van der Waals surface area contributed by atoms with Gasteiger partial charge in [0.25, 0.3) is 0 Å². The molecule has 0 saturated carbocycles. The Labute approximate surface area is 152 Å². The molecule has 134 valence electrons. The third-order valence-corrected chi connectivity index (χ3v) is 4.74. The highest BCUT2D eigenvalue weighted by Crippen LogP contribution is 2.32. The average molecular weight is 350 g/mol. The Hall–Kier alpha value is -2.95. The molecule has 1 atom stereocenters. The van der Waals surface area contributed by atoms with Gasteiger partial charge in [0.2, 0.25) is 5.91 Å². The van der Waals surface area contributed by atoms with E-state index < -0.39 is 0 Å². The van der Waals surface area contributed by atoms with Crippen molar-refractivity contribution in [3.8, 4) is 11.5 Å². The van der Waals surface area contributed by atoms with Crippen molar-refractivity contribution in [2.75, 3.05) is 13.2 Å². The summed E-state index contributed by atoms with van der Waals surface area (Å²) in [4.78, 5) is 15.6. The molecule has 1 aliphatic rings. The molecule has 1 aliphatic heterocycles. The van der Waals surface area contributed by atoms with Gasteiger partial charge in [-0.25, -0.2) is 0 Å². The van der Waals surface area contributed by atoms with Crippen LogP contribution in [0.25, 0.3) is 10.9 Å². The zero-order valence-electron chi connectivity index (χ0n) is 14.7. The van der Waals surface area contributed by atoms with Gasteiger partial charge in [-0.1, -0.05) is 24.3 Å². The summed E-state index contributed by atoms with van der Waals surface area (Å²) in [6.45, 7) is 3.11. The number of rotatable bonds is 5. The highest BCUT2D eigenvalue weighted by atomic mass is 16.6. The normalized spacial score (nSPS) is 14.2. The van der Waals surface area contributed by atoms with Crippen LogP contribution in [0.5, 0.6) is 11.5 Å². The van der Waals surface area contributed by atoms with Gasteiger partial charge >= 0.3 is 0 Å². The van der Waals surface area contributed by atoms with Crippen molar-refractivity contribution >= 4 is 16.8 Å². The van der Waals surface area contributed by atoms with Gasteiger partial charge in [-0.15, -0.1) is 0 Å². The minimum atomic E-state index is -0.0821. The van der Waals surface area contributed by atoms with Crippen molar-refractivity contribution in [2.24, 2.45) is 0 Å². The number of hydrogen-bond acceptors (Lipinski definition) is 3. The molecule has 4 rings (SSSR count). The zero-order chi connectivity index (χ0) is 17.9. The van der Waals surface area contributed by atoms with E-state index in [1.165, 1.54) is 10.9 Å². The molecule has 0 bridgehead atoms. The maximum absolute atomic E-state index is 12.4. The first-order valence-corrected chi connectivity index (χ1v) is 8.94. The Morgan fingerprint density at radius 3 is 2.85 bits per heavy atom. The van der Waals surface area contributed by atoms with Crippen molar-refractivity contribution in [1.82, 2.24) is 10.3 Å². The fourth-order valence-corrected chi connectivity index (χ4v) is 3.31. The Morgan fingerprint density at radius 1 is 1.15 bits per heavy atom. The van der Waals surface area contributed by atoms with E-state index in [1.54, 1.807) is 0 Å². The van der Waals surface area contributed by atoms with E-state index in [9.17, 15) is 4.79 Å². The lowest BCUT2D eigenvalue weighted by atomic mass is 10.1. The van der Waals surface area contributed by atoms with Gasteiger partial charge in [-0.05, 0) is 42.7 Å². The summed E-state index contributed by atoms with van der Waals surface area (Å²) in [5, 5.41) is 4.25. The number of amides is 1. The maximum Gasteiger partial charge on any atom is 0.220 e. The van der Waals surface area contributed by atoms with Crippen LogP contribution in [0.3, 0.4) is 0 Å². The summed E-state index contributed by atoms with van der Waals surface area (Å²) in [6.07, 6.45) is 3.16. The Bertz CT molecular complexity index is 932. The quantitative estimate of drug-likeness (QED) is 0.737. The topological polar surface area (TPSA) is 63.4 Å². The van der Waals surface area contributed by atoms with Crippen molar-refractivity contribution in [2.45, 2.75) is 25.8 Å². The molecule has 2 aromatic carbocycles. The molecule has 3 aromatic rings. The first-order chi connectivity index (χ1) is 12.7. The van der Waals surface area contributed by atoms with Crippen LogP contribution in [0.15, 0.2) is 48.7 Å². The van der Waals surface area contributed by atoms with Gasteiger partial charge in [-0.2, -0.15) is 0 Å². The fraction of sp³-hybridized carbons (Fsp3) is 0.286. The number of para-hydroxylation sites is 1. The van der Waals surface area contributed by atoms with E-state index >= 15 is 0 Å². The molecule has 0 radical (unpaired) electrons. The first kappa shape index (κ1) is 16.5. The van der Waals surface area contributed by atoms with E-state index in [-0.39, 0.29) is 11.9 Å². The van der Waals surface area contributed by atoms with Crippen LogP contribution in [0.2, 0.25) is 0 Å². The standard InChI is InChI=1S/C21H22N2O3/c1-14(15-6-8-19-20(12-15)26-11-10-25-19)23-21(24)9-7-16-13-22-18-5-3-2-4-17(16)18/h2-6,8,12-14,22H,7,9-11H2,1H3,(H,23,24). The van der Waals surface area contributed by atoms with Crippen LogP contribution in [0.1, 0.15) is 30.5 Å². The van der Waals surface area contributed by atoms with Gasteiger partial charge in [-0.3, -0.25) is 4.79 Å². The van der Waals surface area contributed by atoms with Crippen LogP contribution in [0.4, 0.5) is 0 Å². The molecule has 0 spiro atoms. The molecule has 5 nitrogen and oxygen atoms in total. The third-order valence-electron chi connectivity index (χ3n) is 4.74. The number of ether oxygens (including phenoxy) is 2. The lowest BCUT2D eigenvalue weighted by Crippen LogP contribution is -2.27. The molecule has 2 N–H and O–H groups in total. The van der Waals surface area contributed by atoms with Crippen LogP contribution < -0.4 is 14.8 Å². The van der Waals surface area contributed by atoms with E-state index in [4.69, 9.17) is 9.47 Å². The predicted molar refractivity (Wildman–Crippen MR) is 101 cm³/mol. The highest BCUT2D eigenvalue weighted by Gasteiger charge is 2.16. The van der Waals surface area contributed by atoms with E-state index in [1.807, 2.05) is 49.5 Å². The van der Waals surface area contributed by atoms with E-state index in [0.29, 0.717) is 26.1 Å². The number of carbonyl (C=O) groups excluding carboxylic acids is 1. The van der Waals surface area contributed by atoms with Crippen LogP contribution in [-0.4, -0.2) is 24.1 Å². The van der Waals surface area contributed by atoms with Crippen LogP contribution >= 0.6 is 0 Å². The maximum atomic E-state index is 12.4. The van der Waals surface area contributed by atoms with Crippen LogP contribution in [0, 0.1) is 0 Å². The highest BCUT2D eigenvalue weighted by molar-refractivity contribution is 5.84. The number of benzene rings is 2. The van der Waals surface area contributed by atoms with Crippen molar-refractivity contribution in [3.05, 3.63) is 59.8 Å². The zero-order valence-corrected chi connectivity index (χ0v) is 14.7. The van der Waals surface area contributed by atoms with Crippen LogP contribution in [-0.2, 0) is 11.2 Å². The Morgan fingerprint density at radius 2 is 1.96 bits per heavy atom. The fourth-order valence-electron chi connectivity index (χ4n) is 3.31. The molecule has 26 heavy (non-hydrogen) atoms. The molecular weight excluding hydrogens is 328 g/mol. The molecule has 1 amide bonds. The number of H-pyrrole nitrogens is 1. The summed E-state index contributed by atoms with van der Waals surface area (Å²) in [5.41, 5.74) is 3.28. The number of aromatic amines is 1. The van der Waals surface area contributed by atoms with Crippen molar-refractivity contribution < 1.29 is 14.3 Å². The molecule has 0 aliphatic carbocycles. The molecule has 0 saturated heterocycles. The average Bonchev–Trinajstić information content (AvgIpc) is 3.09. The van der Waals surface area contributed by atoms with Crippen molar-refractivity contribution in [3.63, 3.8) is 0 Å². The number of aryl methyl sites for hydroxylation is 1.